The molecule has 0 spiro atoms. The average Bonchev–Trinajstić information content (AvgIpc) is 2.31. The number of esters is 1. The van der Waals surface area contributed by atoms with Crippen molar-refractivity contribution in [2.45, 2.75) is 26.3 Å². The highest BCUT2D eigenvalue weighted by Crippen LogP contribution is 2.28. The SMILES string of the molecule is CCOC(=O)CC(C)Nc1ccc(Br)c(OC)c1. The predicted molar refractivity (Wildman–Crippen MR) is 75.0 cm³/mol. The topological polar surface area (TPSA) is 47.6 Å². The van der Waals surface area contributed by atoms with Crippen LogP contribution in [0.5, 0.6) is 5.75 Å². The van der Waals surface area contributed by atoms with Gasteiger partial charge in [0.1, 0.15) is 5.75 Å². The first-order valence-corrected chi connectivity index (χ1v) is 6.61. The minimum Gasteiger partial charge on any atom is -0.495 e. The molecule has 0 saturated heterocycles. The second-order valence-electron chi connectivity index (χ2n) is 3.90. The summed E-state index contributed by atoms with van der Waals surface area (Å²) in [7, 11) is 1.62. The minimum atomic E-state index is -0.193. The van der Waals surface area contributed by atoms with E-state index in [9.17, 15) is 4.79 Å². The fourth-order valence-corrected chi connectivity index (χ4v) is 1.96. The number of methoxy groups -OCH3 is 1. The van der Waals surface area contributed by atoms with Crippen LogP contribution < -0.4 is 10.1 Å². The molecule has 1 aromatic carbocycles. The Hall–Kier alpha value is -1.23. The standard InChI is InChI=1S/C13H18BrNO3/c1-4-18-13(16)7-9(2)15-10-5-6-11(14)12(8-10)17-3/h5-6,8-9,15H,4,7H2,1-3H3. The average molecular weight is 316 g/mol. The van der Waals surface area contributed by atoms with E-state index in [0.29, 0.717) is 13.0 Å². The summed E-state index contributed by atoms with van der Waals surface area (Å²) in [6, 6.07) is 5.72. The Morgan fingerprint density at radius 3 is 2.83 bits per heavy atom. The maximum Gasteiger partial charge on any atom is 0.307 e. The van der Waals surface area contributed by atoms with Gasteiger partial charge in [-0.2, -0.15) is 0 Å². The Labute approximate surface area is 116 Å². The summed E-state index contributed by atoms with van der Waals surface area (Å²) in [4.78, 5) is 11.3. The summed E-state index contributed by atoms with van der Waals surface area (Å²) >= 11 is 3.39. The van der Waals surface area contributed by atoms with Gasteiger partial charge in [0.15, 0.2) is 0 Å². The molecule has 18 heavy (non-hydrogen) atoms. The van der Waals surface area contributed by atoms with Gasteiger partial charge in [0.25, 0.3) is 0 Å². The molecule has 1 unspecified atom stereocenters. The Morgan fingerprint density at radius 1 is 1.50 bits per heavy atom. The van der Waals surface area contributed by atoms with Crippen molar-refractivity contribution in [1.29, 1.82) is 0 Å². The monoisotopic (exact) mass is 315 g/mol. The van der Waals surface area contributed by atoms with Crippen molar-refractivity contribution in [2.75, 3.05) is 19.0 Å². The van der Waals surface area contributed by atoms with Crippen LogP contribution in [0.15, 0.2) is 22.7 Å². The van der Waals surface area contributed by atoms with Crippen LogP contribution in [0.3, 0.4) is 0 Å². The Balaban J connectivity index is 2.59. The predicted octanol–water partition coefficient (Wildman–Crippen LogP) is 3.21. The number of hydrogen-bond donors (Lipinski definition) is 1. The first-order chi connectivity index (χ1) is 8.56. The van der Waals surface area contributed by atoms with E-state index < -0.39 is 0 Å². The smallest absolute Gasteiger partial charge is 0.307 e. The highest BCUT2D eigenvalue weighted by molar-refractivity contribution is 9.10. The van der Waals surface area contributed by atoms with E-state index in [1.54, 1.807) is 14.0 Å². The molecule has 5 heteroatoms. The van der Waals surface area contributed by atoms with Crippen LogP contribution in [0.2, 0.25) is 0 Å². The number of carbonyl (C=O) groups excluding carboxylic acids is 1. The van der Waals surface area contributed by atoms with Crippen molar-refractivity contribution in [3.05, 3.63) is 22.7 Å². The lowest BCUT2D eigenvalue weighted by Crippen LogP contribution is -2.21. The van der Waals surface area contributed by atoms with E-state index in [1.165, 1.54) is 0 Å². The largest absolute Gasteiger partial charge is 0.495 e. The van der Waals surface area contributed by atoms with Crippen molar-refractivity contribution >= 4 is 27.6 Å². The molecule has 0 heterocycles. The number of nitrogens with one attached hydrogen (secondary N) is 1. The van der Waals surface area contributed by atoms with Crippen LogP contribution in [-0.4, -0.2) is 25.7 Å². The first-order valence-electron chi connectivity index (χ1n) is 5.82. The number of rotatable bonds is 6. The van der Waals surface area contributed by atoms with Crippen molar-refractivity contribution in [1.82, 2.24) is 0 Å². The van der Waals surface area contributed by atoms with E-state index in [1.807, 2.05) is 25.1 Å². The van der Waals surface area contributed by atoms with Crippen LogP contribution in [0.4, 0.5) is 5.69 Å². The van der Waals surface area contributed by atoms with Crippen molar-refractivity contribution in [2.24, 2.45) is 0 Å². The number of halogens is 1. The molecule has 0 fully saturated rings. The molecule has 0 saturated carbocycles. The van der Waals surface area contributed by atoms with E-state index in [2.05, 4.69) is 21.2 Å². The van der Waals surface area contributed by atoms with Gasteiger partial charge in [-0.05, 0) is 41.9 Å². The molecule has 0 bridgehead atoms. The maximum absolute atomic E-state index is 11.3. The van der Waals surface area contributed by atoms with Crippen LogP contribution in [0.1, 0.15) is 20.3 Å². The molecule has 0 aliphatic carbocycles. The van der Waals surface area contributed by atoms with Gasteiger partial charge in [-0.15, -0.1) is 0 Å². The Bertz CT molecular complexity index is 409. The third-order valence-corrected chi connectivity index (χ3v) is 3.00. The summed E-state index contributed by atoms with van der Waals surface area (Å²) in [5.41, 5.74) is 0.909. The highest BCUT2D eigenvalue weighted by Gasteiger charge is 2.10. The zero-order chi connectivity index (χ0) is 13.5. The number of hydrogen-bond acceptors (Lipinski definition) is 4. The molecular weight excluding hydrogens is 298 g/mol. The molecule has 0 aliphatic heterocycles. The summed E-state index contributed by atoms with van der Waals surface area (Å²) in [6.07, 6.45) is 0.340. The highest BCUT2D eigenvalue weighted by atomic mass is 79.9. The van der Waals surface area contributed by atoms with E-state index in [-0.39, 0.29) is 12.0 Å². The molecular formula is C13H18BrNO3. The van der Waals surface area contributed by atoms with Crippen LogP contribution in [0.25, 0.3) is 0 Å². The lowest BCUT2D eigenvalue weighted by Gasteiger charge is -2.15. The molecule has 0 amide bonds. The van der Waals surface area contributed by atoms with Gasteiger partial charge in [-0.3, -0.25) is 4.79 Å². The Morgan fingerprint density at radius 2 is 2.22 bits per heavy atom. The normalized spacial score (nSPS) is 11.8. The van der Waals surface area contributed by atoms with Crippen LogP contribution in [0, 0.1) is 0 Å². The van der Waals surface area contributed by atoms with E-state index in [4.69, 9.17) is 9.47 Å². The van der Waals surface area contributed by atoms with Crippen molar-refractivity contribution < 1.29 is 14.3 Å². The molecule has 0 radical (unpaired) electrons. The zero-order valence-electron chi connectivity index (χ0n) is 10.8. The van der Waals surface area contributed by atoms with Crippen molar-refractivity contribution in [3.63, 3.8) is 0 Å². The van der Waals surface area contributed by atoms with E-state index in [0.717, 1.165) is 15.9 Å². The molecule has 0 aliphatic rings. The van der Waals surface area contributed by atoms with Gasteiger partial charge in [0, 0.05) is 17.8 Å². The summed E-state index contributed by atoms with van der Waals surface area (Å²) in [5.74, 6) is 0.560. The second-order valence-corrected chi connectivity index (χ2v) is 4.76. The fraction of sp³-hybridized carbons (Fsp3) is 0.462. The second kappa shape index (κ2) is 7.26. The molecule has 100 valence electrons. The molecule has 1 atom stereocenters. The number of benzene rings is 1. The summed E-state index contributed by atoms with van der Waals surface area (Å²) in [5, 5.41) is 3.23. The molecule has 1 aromatic rings. The molecule has 4 nitrogen and oxygen atoms in total. The van der Waals surface area contributed by atoms with Gasteiger partial charge >= 0.3 is 5.97 Å². The number of carbonyl (C=O) groups is 1. The van der Waals surface area contributed by atoms with Crippen LogP contribution in [-0.2, 0) is 9.53 Å². The molecule has 1 rings (SSSR count). The fourth-order valence-electron chi connectivity index (χ4n) is 1.56. The van der Waals surface area contributed by atoms with Gasteiger partial charge in [-0.25, -0.2) is 0 Å². The quantitative estimate of drug-likeness (QED) is 0.819. The maximum atomic E-state index is 11.3. The van der Waals surface area contributed by atoms with E-state index >= 15 is 0 Å². The summed E-state index contributed by atoms with van der Waals surface area (Å²) in [6.45, 7) is 4.15. The zero-order valence-corrected chi connectivity index (χ0v) is 12.4. The van der Waals surface area contributed by atoms with Gasteiger partial charge in [0.05, 0.1) is 24.6 Å². The minimum absolute atomic E-state index is 0.00920. The van der Waals surface area contributed by atoms with Gasteiger partial charge in [0.2, 0.25) is 0 Å². The summed E-state index contributed by atoms with van der Waals surface area (Å²) < 4.78 is 11.0. The van der Waals surface area contributed by atoms with Gasteiger partial charge in [-0.1, -0.05) is 0 Å². The number of ether oxygens (including phenoxy) is 2. The first kappa shape index (κ1) is 14.8. The molecule has 1 N–H and O–H groups in total. The van der Waals surface area contributed by atoms with Crippen molar-refractivity contribution in [3.8, 4) is 5.75 Å². The van der Waals surface area contributed by atoms with Crippen LogP contribution >= 0.6 is 15.9 Å². The molecule has 0 aromatic heterocycles. The lowest BCUT2D eigenvalue weighted by atomic mass is 10.2. The Kier molecular flexibility index (Phi) is 5.98. The number of anilines is 1. The third kappa shape index (κ3) is 4.56. The third-order valence-electron chi connectivity index (χ3n) is 2.34. The van der Waals surface area contributed by atoms with Gasteiger partial charge < -0.3 is 14.8 Å². The lowest BCUT2D eigenvalue weighted by molar-refractivity contribution is -0.143.